The smallest absolute Gasteiger partial charge is 0.256 e. The first-order chi connectivity index (χ1) is 9.71. The molecule has 0 saturated heterocycles. The number of hydrogen-bond donors (Lipinski definition) is 1. The number of carbonyl (C=O) groups excluding carboxylic acids is 1. The molecule has 1 amide bonds. The minimum atomic E-state index is -0.853. The van der Waals surface area contributed by atoms with Crippen molar-refractivity contribution in [2.45, 2.75) is 59.7 Å². The number of amides is 1. The number of rotatable bonds is 6. The Morgan fingerprint density at radius 1 is 1.29 bits per heavy atom. The first-order valence-electron chi connectivity index (χ1n) is 7.35. The topological polar surface area (TPSA) is 47.6 Å². The van der Waals surface area contributed by atoms with E-state index in [4.69, 9.17) is 9.47 Å². The van der Waals surface area contributed by atoms with Gasteiger partial charge in [-0.2, -0.15) is 0 Å². The van der Waals surface area contributed by atoms with Crippen molar-refractivity contribution in [2.24, 2.45) is 0 Å². The Labute approximate surface area is 127 Å². The lowest BCUT2D eigenvalue weighted by Gasteiger charge is -2.23. The highest BCUT2D eigenvalue weighted by molar-refractivity contribution is 5.97. The van der Waals surface area contributed by atoms with Crippen molar-refractivity contribution in [3.8, 4) is 5.75 Å². The van der Waals surface area contributed by atoms with Gasteiger partial charge in [0.1, 0.15) is 11.4 Å². The van der Waals surface area contributed by atoms with Gasteiger partial charge in [-0.25, -0.2) is 0 Å². The Morgan fingerprint density at radius 2 is 1.81 bits per heavy atom. The van der Waals surface area contributed by atoms with Crippen molar-refractivity contribution in [2.75, 3.05) is 12.4 Å². The summed E-state index contributed by atoms with van der Waals surface area (Å²) in [4.78, 5) is 12.1. The van der Waals surface area contributed by atoms with Crippen LogP contribution in [0.1, 0.15) is 45.2 Å². The van der Waals surface area contributed by atoms with E-state index >= 15 is 0 Å². The van der Waals surface area contributed by atoms with E-state index in [1.54, 1.807) is 13.8 Å². The molecule has 0 spiro atoms. The molecule has 0 saturated carbocycles. The molecular formula is C17H27NO3. The minimum Gasteiger partial charge on any atom is -0.490 e. The number of carbonyl (C=O) groups is 1. The molecule has 1 atom stereocenters. The lowest BCUT2D eigenvalue weighted by Crippen LogP contribution is -2.38. The summed E-state index contributed by atoms with van der Waals surface area (Å²) in [5, 5.41) is 2.89. The second-order valence-electron chi connectivity index (χ2n) is 5.94. The van der Waals surface area contributed by atoms with Crippen LogP contribution < -0.4 is 10.1 Å². The van der Waals surface area contributed by atoms with Gasteiger partial charge in [-0.15, -0.1) is 0 Å². The van der Waals surface area contributed by atoms with Gasteiger partial charge in [-0.05, 0) is 64.3 Å². The van der Waals surface area contributed by atoms with Crippen LogP contribution >= 0.6 is 0 Å². The highest BCUT2D eigenvalue weighted by Gasteiger charge is 2.27. The lowest BCUT2D eigenvalue weighted by atomic mass is 10.1. The molecular weight excluding hydrogens is 266 g/mol. The van der Waals surface area contributed by atoms with Crippen LogP contribution in [0.3, 0.4) is 0 Å². The van der Waals surface area contributed by atoms with Crippen LogP contribution in [-0.4, -0.2) is 24.7 Å². The number of nitrogens with one attached hydrogen (secondary N) is 1. The van der Waals surface area contributed by atoms with E-state index in [9.17, 15) is 4.79 Å². The van der Waals surface area contributed by atoms with Gasteiger partial charge in [0.25, 0.3) is 5.91 Å². The van der Waals surface area contributed by atoms with Crippen molar-refractivity contribution in [1.82, 2.24) is 0 Å². The molecule has 0 fully saturated rings. The third kappa shape index (κ3) is 4.46. The van der Waals surface area contributed by atoms with E-state index in [-0.39, 0.29) is 12.0 Å². The molecule has 4 nitrogen and oxygen atoms in total. The molecule has 0 aliphatic rings. The summed E-state index contributed by atoms with van der Waals surface area (Å²) < 4.78 is 11.1. The van der Waals surface area contributed by atoms with Crippen LogP contribution in [0, 0.1) is 13.8 Å². The average molecular weight is 293 g/mol. The molecule has 118 valence electrons. The van der Waals surface area contributed by atoms with Gasteiger partial charge in [0.15, 0.2) is 0 Å². The van der Waals surface area contributed by atoms with Crippen molar-refractivity contribution in [3.63, 3.8) is 0 Å². The number of hydrogen-bond acceptors (Lipinski definition) is 3. The molecule has 4 heteroatoms. The molecule has 1 aromatic carbocycles. The Morgan fingerprint density at radius 3 is 2.24 bits per heavy atom. The van der Waals surface area contributed by atoms with Crippen LogP contribution in [0.25, 0.3) is 0 Å². The fraction of sp³-hybridized carbons (Fsp3) is 0.588. The predicted octanol–water partition coefficient (Wildman–Crippen LogP) is 3.84. The van der Waals surface area contributed by atoms with Gasteiger partial charge in [-0.3, -0.25) is 4.79 Å². The van der Waals surface area contributed by atoms with E-state index in [1.165, 1.54) is 7.11 Å². The number of ether oxygens (including phenoxy) is 2. The molecule has 1 unspecified atom stereocenters. The first-order valence-corrected chi connectivity index (χ1v) is 7.35. The molecule has 21 heavy (non-hydrogen) atoms. The standard InChI is InChI=1S/C17H27NO3/c1-8-13(4)21-15-11(2)9-14(10-12(15)3)18-16(19)17(5,6)20-7/h9-10,13H,8H2,1-7H3,(H,18,19). The Balaban J connectivity index is 2.96. The lowest BCUT2D eigenvalue weighted by molar-refractivity contribution is -0.133. The first kappa shape index (κ1) is 17.5. The molecule has 1 N–H and O–H groups in total. The second-order valence-corrected chi connectivity index (χ2v) is 5.94. The Hall–Kier alpha value is -1.55. The summed E-state index contributed by atoms with van der Waals surface area (Å²) in [5.41, 5.74) is 1.94. The fourth-order valence-corrected chi connectivity index (χ4v) is 1.87. The molecule has 1 aromatic rings. The highest BCUT2D eigenvalue weighted by atomic mass is 16.5. The molecule has 0 radical (unpaired) electrons. The van der Waals surface area contributed by atoms with Gasteiger partial charge in [0.2, 0.25) is 0 Å². The van der Waals surface area contributed by atoms with Gasteiger partial charge in [0, 0.05) is 12.8 Å². The number of methoxy groups -OCH3 is 1. The van der Waals surface area contributed by atoms with E-state index in [0.717, 1.165) is 29.0 Å². The number of benzene rings is 1. The average Bonchev–Trinajstić information content (AvgIpc) is 2.42. The van der Waals surface area contributed by atoms with E-state index in [2.05, 4.69) is 19.2 Å². The molecule has 0 heterocycles. The fourth-order valence-electron chi connectivity index (χ4n) is 1.87. The van der Waals surface area contributed by atoms with Crippen molar-refractivity contribution in [3.05, 3.63) is 23.3 Å². The van der Waals surface area contributed by atoms with Gasteiger partial charge >= 0.3 is 0 Å². The highest BCUT2D eigenvalue weighted by Crippen LogP contribution is 2.29. The summed E-state index contributed by atoms with van der Waals surface area (Å²) >= 11 is 0. The maximum absolute atomic E-state index is 12.1. The molecule has 0 aliphatic heterocycles. The van der Waals surface area contributed by atoms with E-state index < -0.39 is 5.60 Å². The second kappa shape index (κ2) is 6.94. The number of anilines is 1. The van der Waals surface area contributed by atoms with Gasteiger partial charge in [-0.1, -0.05) is 6.92 Å². The van der Waals surface area contributed by atoms with Crippen LogP contribution in [0.5, 0.6) is 5.75 Å². The summed E-state index contributed by atoms with van der Waals surface area (Å²) in [6, 6.07) is 3.85. The molecule has 0 aliphatic carbocycles. The summed E-state index contributed by atoms with van der Waals surface area (Å²) in [5.74, 6) is 0.729. The van der Waals surface area contributed by atoms with Crippen molar-refractivity contribution in [1.29, 1.82) is 0 Å². The quantitative estimate of drug-likeness (QED) is 0.866. The largest absolute Gasteiger partial charge is 0.490 e. The summed E-state index contributed by atoms with van der Waals surface area (Å²) in [6.45, 7) is 11.6. The molecule has 0 bridgehead atoms. The zero-order valence-electron chi connectivity index (χ0n) is 14.2. The maximum Gasteiger partial charge on any atom is 0.256 e. The van der Waals surface area contributed by atoms with Crippen molar-refractivity contribution >= 4 is 11.6 Å². The van der Waals surface area contributed by atoms with E-state index in [1.807, 2.05) is 26.0 Å². The summed E-state index contributed by atoms with van der Waals surface area (Å²) in [7, 11) is 1.53. The molecule has 1 rings (SSSR count). The predicted molar refractivity (Wildman–Crippen MR) is 86.0 cm³/mol. The van der Waals surface area contributed by atoms with Crippen LogP contribution in [0.4, 0.5) is 5.69 Å². The third-order valence-corrected chi connectivity index (χ3v) is 3.67. The monoisotopic (exact) mass is 293 g/mol. The Bertz CT molecular complexity index is 486. The van der Waals surface area contributed by atoms with Crippen LogP contribution in [-0.2, 0) is 9.53 Å². The zero-order chi connectivity index (χ0) is 16.2. The maximum atomic E-state index is 12.1. The van der Waals surface area contributed by atoms with Gasteiger partial charge < -0.3 is 14.8 Å². The summed E-state index contributed by atoms with van der Waals surface area (Å²) in [6.07, 6.45) is 1.13. The third-order valence-electron chi connectivity index (χ3n) is 3.67. The van der Waals surface area contributed by atoms with E-state index in [0.29, 0.717) is 0 Å². The van der Waals surface area contributed by atoms with Crippen LogP contribution in [0.15, 0.2) is 12.1 Å². The zero-order valence-corrected chi connectivity index (χ0v) is 14.2. The SMILES string of the molecule is CCC(C)Oc1c(C)cc(NC(=O)C(C)(C)OC)cc1C. The number of aryl methyl sites for hydroxylation is 2. The van der Waals surface area contributed by atoms with Crippen LogP contribution in [0.2, 0.25) is 0 Å². The Kier molecular flexibility index (Phi) is 5.78. The molecule has 0 aromatic heterocycles. The van der Waals surface area contributed by atoms with Crippen molar-refractivity contribution < 1.29 is 14.3 Å². The normalized spacial score (nSPS) is 12.9. The minimum absolute atomic E-state index is 0.167. The van der Waals surface area contributed by atoms with Gasteiger partial charge in [0.05, 0.1) is 6.10 Å².